The lowest BCUT2D eigenvalue weighted by Crippen LogP contribution is -2.43. The lowest BCUT2D eigenvalue weighted by atomic mass is 10.2. The van der Waals surface area contributed by atoms with Crippen molar-refractivity contribution in [1.82, 2.24) is 4.72 Å². The van der Waals surface area contributed by atoms with Gasteiger partial charge in [-0.3, -0.25) is 0 Å². The standard InChI is InChI=1S/C10H12F3NO3S/c1-6-2-4-7(5-3-6)18(16,17)14-10(13)8(15)9(11)12/h2-5,8-10,14-15H,1H3. The molecule has 2 atom stereocenters. The van der Waals surface area contributed by atoms with E-state index in [9.17, 15) is 21.6 Å². The summed E-state index contributed by atoms with van der Waals surface area (Å²) in [5.41, 5.74) is 0.790. The Labute approximate surface area is 102 Å². The molecule has 102 valence electrons. The molecule has 0 aliphatic heterocycles. The number of aryl methyl sites for hydroxylation is 1. The predicted molar refractivity (Wildman–Crippen MR) is 58.4 cm³/mol. The van der Waals surface area contributed by atoms with Crippen molar-refractivity contribution in [3.63, 3.8) is 0 Å². The van der Waals surface area contributed by atoms with Crippen LogP contribution in [0.5, 0.6) is 0 Å². The second-order valence-electron chi connectivity index (χ2n) is 3.66. The molecule has 0 fully saturated rings. The number of hydrogen-bond donors (Lipinski definition) is 2. The van der Waals surface area contributed by atoms with Crippen molar-refractivity contribution >= 4 is 10.0 Å². The van der Waals surface area contributed by atoms with Gasteiger partial charge in [0.1, 0.15) is 0 Å². The van der Waals surface area contributed by atoms with E-state index in [0.717, 1.165) is 5.56 Å². The Morgan fingerprint density at radius 3 is 2.11 bits per heavy atom. The van der Waals surface area contributed by atoms with Gasteiger partial charge in [0.05, 0.1) is 4.90 Å². The van der Waals surface area contributed by atoms with Crippen LogP contribution in [-0.2, 0) is 10.0 Å². The van der Waals surface area contributed by atoms with Gasteiger partial charge in [-0.2, -0.15) is 4.72 Å². The Morgan fingerprint density at radius 2 is 1.67 bits per heavy atom. The first-order valence-electron chi connectivity index (χ1n) is 4.93. The summed E-state index contributed by atoms with van der Waals surface area (Å²) in [6, 6.07) is 5.37. The first-order chi connectivity index (χ1) is 8.24. The van der Waals surface area contributed by atoms with E-state index in [4.69, 9.17) is 5.11 Å². The van der Waals surface area contributed by atoms with Crippen LogP contribution in [0.15, 0.2) is 29.2 Å². The molecule has 1 rings (SSSR count). The van der Waals surface area contributed by atoms with Crippen molar-refractivity contribution in [1.29, 1.82) is 0 Å². The molecule has 0 bridgehead atoms. The molecule has 0 aliphatic rings. The number of nitrogens with one attached hydrogen (secondary N) is 1. The number of sulfonamides is 1. The minimum atomic E-state index is -4.27. The molecular formula is C10H12F3NO3S. The molecule has 4 nitrogen and oxygen atoms in total. The van der Waals surface area contributed by atoms with Gasteiger partial charge in [0.2, 0.25) is 10.0 Å². The lowest BCUT2D eigenvalue weighted by molar-refractivity contribution is -0.0512. The summed E-state index contributed by atoms with van der Waals surface area (Å²) in [5.74, 6) is 0. The van der Waals surface area contributed by atoms with E-state index in [0.29, 0.717) is 0 Å². The van der Waals surface area contributed by atoms with Crippen LogP contribution < -0.4 is 4.72 Å². The number of benzene rings is 1. The van der Waals surface area contributed by atoms with Gasteiger partial charge in [0, 0.05) is 0 Å². The fourth-order valence-corrected chi connectivity index (χ4v) is 2.20. The smallest absolute Gasteiger partial charge is 0.268 e. The Hall–Kier alpha value is -1.12. The molecule has 0 aliphatic carbocycles. The maximum absolute atomic E-state index is 13.1. The van der Waals surface area contributed by atoms with Gasteiger partial charge >= 0.3 is 0 Å². The summed E-state index contributed by atoms with van der Waals surface area (Å²) in [7, 11) is -4.27. The predicted octanol–water partition coefficient (Wildman–Crippen LogP) is 1.19. The summed E-state index contributed by atoms with van der Waals surface area (Å²) in [6.07, 6.45) is -8.85. The molecule has 0 spiro atoms. The zero-order valence-electron chi connectivity index (χ0n) is 9.35. The highest BCUT2D eigenvalue weighted by molar-refractivity contribution is 7.89. The number of rotatable bonds is 5. The third kappa shape index (κ3) is 3.69. The zero-order chi connectivity index (χ0) is 13.9. The number of alkyl halides is 3. The van der Waals surface area contributed by atoms with Crippen molar-refractivity contribution in [2.45, 2.75) is 30.6 Å². The van der Waals surface area contributed by atoms with E-state index in [-0.39, 0.29) is 4.90 Å². The highest BCUT2D eigenvalue weighted by atomic mass is 32.2. The van der Waals surface area contributed by atoms with Crippen molar-refractivity contribution in [3.8, 4) is 0 Å². The van der Waals surface area contributed by atoms with Gasteiger partial charge in [-0.25, -0.2) is 21.6 Å². The molecule has 8 heteroatoms. The molecular weight excluding hydrogens is 271 g/mol. The Morgan fingerprint density at radius 1 is 1.17 bits per heavy atom. The molecule has 2 N–H and O–H groups in total. The van der Waals surface area contributed by atoms with Gasteiger partial charge in [-0.15, -0.1) is 0 Å². The highest BCUT2D eigenvalue weighted by Crippen LogP contribution is 2.13. The summed E-state index contributed by atoms with van der Waals surface area (Å²) in [4.78, 5) is -0.266. The van der Waals surface area contributed by atoms with Gasteiger partial charge in [-0.05, 0) is 19.1 Å². The number of aliphatic hydroxyl groups excluding tert-OH is 1. The second kappa shape index (κ2) is 5.68. The Kier molecular flexibility index (Phi) is 4.71. The number of aliphatic hydroxyl groups is 1. The van der Waals surface area contributed by atoms with Crippen LogP contribution >= 0.6 is 0 Å². The molecule has 2 unspecified atom stereocenters. The topological polar surface area (TPSA) is 66.4 Å². The number of hydrogen-bond acceptors (Lipinski definition) is 3. The Bertz CT molecular complexity index is 490. The fraction of sp³-hybridized carbons (Fsp3) is 0.400. The summed E-state index contributed by atoms with van der Waals surface area (Å²) >= 11 is 0. The summed E-state index contributed by atoms with van der Waals surface area (Å²) < 4.78 is 61.6. The van der Waals surface area contributed by atoms with Gasteiger partial charge < -0.3 is 5.11 Å². The van der Waals surface area contributed by atoms with Crippen molar-refractivity contribution in [2.75, 3.05) is 0 Å². The maximum Gasteiger partial charge on any atom is 0.268 e. The second-order valence-corrected chi connectivity index (χ2v) is 5.38. The van der Waals surface area contributed by atoms with E-state index >= 15 is 0 Å². The van der Waals surface area contributed by atoms with Crippen LogP contribution in [0.2, 0.25) is 0 Å². The normalized spacial score (nSPS) is 15.7. The first kappa shape index (κ1) is 14.9. The third-order valence-corrected chi connectivity index (χ3v) is 3.59. The van der Waals surface area contributed by atoms with Crippen molar-refractivity contribution < 1.29 is 26.7 Å². The summed E-state index contributed by atoms with van der Waals surface area (Å²) in [6.45, 7) is 1.72. The zero-order valence-corrected chi connectivity index (χ0v) is 10.2. The molecule has 0 aromatic heterocycles. The van der Waals surface area contributed by atoms with Crippen LogP contribution in [0.25, 0.3) is 0 Å². The molecule has 0 heterocycles. The van der Waals surface area contributed by atoms with E-state index in [2.05, 4.69) is 0 Å². The van der Waals surface area contributed by atoms with E-state index in [1.54, 1.807) is 6.92 Å². The molecule has 18 heavy (non-hydrogen) atoms. The minimum Gasteiger partial charge on any atom is -0.383 e. The minimum absolute atomic E-state index is 0.266. The van der Waals surface area contributed by atoms with Crippen molar-refractivity contribution in [2.24, 2.45) is 0 Å². The molecule has 0 amide bonds. The van der Waals surface area contributed by atoms with Gasteiger partial charge in [0.15, 0.2) is 12.4 Å². The largest absolute Gasteiger partial charge is 0.383 e. The highest BCUT2D eigenvalue weighted by Gasteiger charge is 2.31. The molecule has 1 aromatic carbocycles. The SMILES string of the molecule is Cc1ccc(S(=O)(=O)NC(F)C(O)C(F)F)cc1. The van der Waals surface area contributed by atoms with Gasteiger partial charge in [-0.1, -0.05) is 17.7 Å². The average Bonchev–Trinajstić information content (AvgIpc) is 2.27. The molecule has 0 radical (unpaired) electrons. The van der Waals surface area contributed by atoms with Crippen molar-refractivity contribution in [3.05, 3.63) is 29.8 Å². The van der Waals surface area contributed by atoms with Gasteiger partial charge in [0.25, 0.3) is 6.43 Å². The van der Waals surface area contributed by atoms with Crippen LogP contribution in [-0.4, -0.2) is 32.3 Å². The fourth-order valence-electron chi connectivity index (χ4n) is 1.13. The maximum atomic E-state index is 13.1. The summed E-state index contributed by atoms with van der Waals surface area (Å²) in [5, 5.41) is 8.70. The van der Waals surface area contributed by atoms with Crippen LogP contribution in [0.4, 0.5) is 13.2 Å². The monoisotopic (exact) mass is 283 g/mol. The first-order valence-corrected chi connectivity index (χ1v) is 6.41. The quantitative estimate of drug-likeness (QED) is 0.798. The lowest BCUT2D eigenvalue weighted by Gasteiger charge is -2.16. The molecule has 0 saturated heterocycles. The molecule has 0 saturated carbocycles. The number of halogens is 3. The van der Waals surface area contributed by atoms with E-state index in [1.807, 2.05) is 0 Å². The van der Waals surface area contributed by atoms with Crippen LogP contribution in [0.3, 0.4) is 0 Å². The van der Waals surface area contributed by atoms with Crippen LogP contribution in [0.1, 0.15) is 5.56 Å². The molecule has 1 aromatic rings. The average molecular weight is 283 g/mol. The van der Waals surface area contributed by atoms with E-state index in [1.165, 1.54) is 29.0 Å². The Balaban J connectivity index is 2.85. The third-order valence-electron chi connectivity index (χ3n) is 2.16. The van der Waals surface area contributed by atoms with E-state index < -0.39 is 28.8 Å². The van der Waals surface area contributed by atoms with Crippen LogP contribution in [0, 0.1) is 6.92 Å².